The van der Waals surface area contributed by atoms with Gasteiger partial charge in [0.15, 0.2) is 11.4 Å². The van der Waals surface area contributed by atoms with E-state index in [0.717, 1.165) is 18.7 Å². The number of rotatable bonds is 6. The topological polar surface area (TPSA) is 135 Å². The number of aryl methyl sites for hydroxylation is 2. The molecule has 1 aliphatic heterocycles. The number of carbonyl (C=O) groups is 1. The van der Waals surface area contributed by atoms with Crippen LogP contribution in [0.25, 0.3) is 5.65 Å². The Labute approximate surface area is 185 Å². The summed E-state index contributed by atoms with van der Waals surface area (Å²) in [7, 11) is -3.70. The molecule has 11 nitrogen and oxygen atoms in total. The average molecular weight is 460 g/mol. The lowest BCUT2D eigenvalue weighted by Crippen LogP contribution is -2.45. The summed E-state index contributed by atoms with van der Waals surface area (Å²) in [6.07, 6.45) is 3.11. The van der Waals surface area contributed by atoms with Crippen molar-refractivity contribution in [3.63, 3.8) is 0 Å². The van der Waals surface area contributed by atoms with Gasteiger partial charge in [0.25, 0.3) is 0 Å². The number of hydrogen-bond acceptors (Lipinski definition) is 8. The maximum Gasteiger partial charge on any atom is 0.249 e. The highest BCUT2D eigenvalue weighted by Crippen LogP contribution is 2.30. The first kappa shape index (κ1) is 20.9. The van der Waals surface area contributed by atoms with Crippen LogP contribution < -0.4 is 14.9 Å². The number of pyridine rings is 1. The van der Waals surface area contributed by atoms with E-state index in [1.54, 1.807) is 18.4 Å². The van der Waals surface area contributed by atoms with Gasteiger partial charge in [-0.05, 0) is 51.7 Å². The van der Waals surface area contributed by atoms with Crippen LogP contribution in [-0.4, -0.2) is 53.2 Å². The van der Waals surface area contributed by atoms with Crippen molar-refractivity contribution >= 4 is 33.3 Å². The summed E-state index contributed by atoms with van der Waals surface area (Å²) in [5, 5.41) is 11.0. The molecule has 12 heteroatoms. The number of piperidine rings is 1. The minimum atomic E-state index is -3.70. The molecule has 1 saturated heterocycles. The first-order valence-electron chi connectivity index (χ1n) is 10.7. The maximum atomic E-state index is 12.8. The number of aromatic nitrogens is 4. The zero-order valence-corrected chi connectivity index (χ0v) is 18.7. The van der Waals surface area contributed by atoms with Gasteiger partial charge < -0.3 is 9.42 Å². The van der Waals surface area contributed by atoms with Crippen molar-refractivity contribution in [3.05, 3.63) is 29.7 Å². The van der Waals surface area contributed by atoms with Crippen LogP contribution in [0.15, 0.2) is 27.6 Å². The van der Waals surface area contributed by atoms with Crippen molar-refractivity contribution in [1.29, 1.82) is 0 Å². The summed E-state index contributed by atoms with van der Waals surface area (Å²) in [6, 6.07) is 5.50. The van der Waals surface area contributed by atoms with Crippen LogP contribution >= 0.6 is 0 Å². The van der Waals surface area contributed by atoms with Crippen LogP contribution in [0.2, 0.25) is 0 Å². The largest absolute Gasteiger partial charge is 0.360 e. The molecule has 5 rings (SSSR count). The summed E-state index contributed by atoms with van der Waals surface area (Å²) in [5.41, 5.74) is 1.00. The Bertz CT molecular complexity index is 1250. The van der Waals surface area contributed by atoms with E-state index >= 15 is 0 Å². The Balaban J connectivity index is 1.28. The number of anilines is 2. The van der Waals surface area contributed by atoms with Crippen molar-refractivity contribution < 1.29 is 17.7 Å². The molecule has 1 saturated carbocycles. The normalized spacial score (nSPS) is 17.8. The highest BCUT2D eigenvalue weighted by molar-refractivity contribution is 7.89. The molecule has 2 aliphatic rings. The molecule has 3 aromatic rings. The Morgan fingerprint density at radius 3 is 2.56 bits per heavy atom. The Morgan fingerprint density at radius 2 is 1.91 bits per heavy atom. The number of carbonyl (C=O) groups excluding carboxylic acids is 1. The summed E-state index contributed by atoms with van der Waals surface area (Å²) < 4.78 is 35.1. The SMILES string of the molecule is Cc1noc(C)c1S(=O)(=O)NC1CCN(c2cccc3nc(NC(=O)C4CC4)nn23)CC1. The summed E-state index contributed by atoms with van der Waals surface area (Å²) in [5.74, 6) is 1.49. The number of nitrogens with zero attached hydrogens (tertiary/aromatic N) is 5. The summed E-state index contributed by atoms with van der Waals surface area (Å²) >= 11 is 0. The van der Waals surface area contributed by atoms with E-state index in [2.05, 4.69) is 30.2 Å². The second kappa shape index (κ2) is 7.85. The highest BCUT2D eigenvalue weighted by atomic mass is 32.2. The molecule has 2 N–H and O–H groups in total. The molecule has 0 unspecified atom stereocenters. The zero-order chi connectivity index (χ0) is 22.5. The van der Waals surface area contributed by atoms with E-state index < -0.39 is 10.0 Å². The van der Waals surface area contributed by atoms with Gasteiger partial charge >= 0.3 is 0 Å². The molecular weight excluding hydrogens is 434 g/mol. The Hall–Kier alpha value is -2.99. The molecule has 0 atom stereocenters. The van der Waals surface area contributed by atoms with Gasteiger partial charge in [-0.2, -0.15) is 9.50 Å². The third-order valence-corrected chi connectivity index (χ3v) is 7.66. The van der Waals surface area contributed by atoms with Crippen LogP contribution in [0.4, 0.5) is 11.8 Å². The van der Waals surface area contributed by atoms with Gasteiger partial charge in [-0.25, -0.2) is 13.1 Å². The van der Waals surface area contributed by atoms with Crippen LogP contribution in [0.1, 0.15) is 37.1 Å². The number of sulfonamides is 1. The molecular formula is C20H25N7O4S. The fourth-order valence-corrected chi connectivity index (χ4v) is 5.74. The summed E-state index contributed by atoms with van der Waals surface area (Å²) in [4.78, 5) is 18.7. The van der Waals surface area contributed by atoms with Crippen molar-refractivity contribution in [3.8, 4) is 0 Å². The van der Waals surface area contributed by atoms with Gasteiger partial charge in [0.1, 0.15) is 16.4 Å². The molecule has 170 valence electrons. The van der Waals surface area contributed by atoms with Gasteiger partial charge in [0.2, 0.25) is 21.9 Å². The molecule has 2 fully saturated rings. The van der Waals surface area contributed by atoms with Crippen LogP contribution in [0, 0.1) is 19.8 Å². The molecule has 3 aromatic heterocycles. The lowest BCUT2D eigenvalue weighted by molar-refractivity contribution is -0.117. The molecule has 32 heavy (non-hydrogen) atoms. The van der Waals surface area contributed by atoms with Crippen LogP contribution in [0.3, 0.4) is 0 Å². The van der Waals surface area contributed by atoms with E-state index in [1.165, 1.54) is 0 Å². The van der Waals surface area contributed by atoms with Crippen LogP contribution in [0.5, 0.6) is 0 Å². The van der Waals surface area contributed by atoms with E-state index in [4.69, 9.17) is 4.52 Å². The molecule has 0 radical (unpaired) electrons. The number of fused-ring (bicyclic) bond motifs is 1. The smallest absolute Gasteiger partial charge is 0.249 e. The van der Waals surface area contributed by atoms with Crippen molar-refractivity contribution in [2.24, 2.45) is 5.92 Å². The van der Waals surface area contributed by atoms with E-state index in [-0.39, 0.29) is 28.5 Å². The molecule has 1 aliphatic carbocycles. The quantitative estimate of drug-likeness (QED) is 0.568. The first-order valence-corrected chi connectivity index (χ1v) is 12.2. The minimum Gasteiger partial charge on any atom is -0.360 e. The number of nitrogens with one attached hydrogen (secondary N) is 2. The second-order valence-electron chi connectivity index (χ2n) is 8.39. The van der Waals surface area contributed by atoms with Gasteiger partial charge in [-0.1, -0.05) is 11.2 Å². The number of amides is 1. The Morgan fingerprint density at radius 1 is 1.16 bits per heavy atom. The zero-order valence-electron chi connectivity index (χ0n) is 17.9. The van der Waals surface area contributed by atoms with E-state index in [0.29, 0.717) is 43.2 Å². The standard InChI is InChI=1S/C20H25N7O4S/c1-12-18(13(2)31-24-12)32(29,30)25-15-8-10-26(11-9-15)17-5-3-4-16-21-20(23-27(16)17)22-19(28)14-6-7-14/h3-5,14-15,25H,6-11H2,1-2H3,(H,22,23,28). The molecule has 0 aromatic carbocycles. The molecule has 4 heterocycles. The third kappa shape index (κ3) is 3.95. The monoisotopic (exact) mass is 459 g/mol. The van der Waals surface area contributed by atoms with E-state index in [1.807, 2.05) is 18.2 Å². The predicted molar refractivity (Wildman–Crippen MR) is 116 cm³/mol. The van der Waals surface area contributed by atoms with Crippen LogP contribution in [-0.2, 0) is 14.8 Å². The second-order valence-corrected chi connectivity index (χ2v) is 10.0. The lowest BCUT2D eigenvalue weighted by Gasteiger charge is -2.33. The fourth-order valence-electron chi connectivity index (χ4n) is 4.10. The van der Waals surface area contributed by atoms with Crippen molar-refractivity contribution in [2.45, 2.75) is 50.5 Å². The predicted octanol–water partition coefficient (Wildman–Crippen LogP) is 1.63. The third-order valence-electron chi connectivity index (χ3n) is 5.90. The van der Waals surface area contributed by atoms with Gasteiger partial charge in [0.05, 0.1) is 0 Å². The van der Waals surface area contributed by atoms with Gasteiger partial charge in [-0.15, -0.1) is 5.10 Å². The van der Waals surface area contributed by atoms with Gasteiger partial charge in [0, 0.05) is 25.0 Å². The van der Waals surface area contributed by atoms with Crippen molar-refractivity contribution in [1.82, 2.24) is 24.5 Å². The molecule has 0 spiro atoms. The number of hydrogen-bond donors (Lipinski definition) is 2. The minimum absolute atomic E-state index is 0.0335. The summed E-state index contributed by atoms with van der Waals surface area (Å²) in [6.45, 7) is 4.51. The first-order chi connectivity index (χ1) is 15.3. The van der Waals surface area contributed by atoms with Crippen molar-refractivity contribution in [2.75, 3.05) is 23.3 Å². The van der Waals surface area contributed by atoms with Gasteiger partial charge in [-0.3, -0.25) is 10.1 Å². The molecule has 0 bridgehead atoms. The maximum absolute atomic E-state index is 12.8. The fraction of sp³-hybridized carbons (Fsp3) is 0.500. The lowest BCUT2D eigenvalue weighted by atomic mass is 10.1. The van der Waals surface area contributed by atoms with E-state index in [9.17, 15) is 13.2 Å². The Kier molecular flexibility index (Phi) is 5.13. The highest BCUT2D eigenvalue weighted by Gasteiger charge is 2.31. The average Bonchev–Trinajstić information content (AvgIpc) is 3.43. The molecule has 1 amide bonds.